The Bertz CT molecular complexity index is 378. The van der Waals surface area contributed by atoms with Crippen molar-refractivity contribution in [1.29, 1.82) is 0 Å². The zero-order valence-corrected chi connectivity index (χ0v) is 9.98. The first-order valence-corrected chi connectivity index (χ1v) is 5.84. The second kappa shape index (κ2) is 5.02. The molecule has 1 aromatic rings. The highest BCUT2D eigenvalue weighted by Crippen LogP contribution is 2.32. The van der Waals surface area contributed by atoms with Crippen molar-refractivity contribution in [2.75, 3.05) is 20.2 Å². The van der Waals surface area contributed by atoms with Crippen molar-refractivity contribution in [3.8, 4) is 5.75 Å². The van der Waals surface area contributed by atoms with Crippen LogP contribution in [-0.2, 0) is 0 Å². The van der Waals surface area contributed by atoms with Gasteiger partial charge in [-0.05, 0) is 36.9 Å². The third kappa shape index (κ3) is 2.30. The number of ether oxygens (including phenoxy) is 1. The number of piperidine rings is 1. The zero-order valence-electron chi connectivity index (χ0n) is 9.22. The van der Waals surface area contributed by atoms with Gasteiger partial charge in [0.25, 0.3) is 0 Å². The van der Waals surface area contributed by atoms with E-state index in [0.717, 1.165) is 25.9 Å². The minimum Gasteiger partial charge on any atom is -0.497 e. The quantitative estimate of drug-likeness (QED) is 0.862. The van der Waals surface area contributed by atoms with E-state index in [-0.39, 0.29) is 16.8 Å². The van der Waals surface area contributed by atoms with Gasteiger partial charge < -0.3 is 10.1 Å². The van der Waals surface area contributed by atoms with Gasteiger partial charge in [0.05, 0.1) is 12.1 Å². The fourth-order valence-corrected chi connectivity index (χ4v) is 2.33. The standard InChI is InChI=1S/C12H15ClFNO/c1-16-9-5-10(12(14)11(13)6-9)8-3-2-4-15-7-8/h5-6,8,15H,2-4,7H2,1H3. The van der Waals surface area contributed by atoms with Crippen molar-refractivity contribution in [2.45, 2.75) is 18.8 Å². The van der Waals surface area contributed by atoms with Crippen molar-refractivity contribution in [1.82, 2.24) is 5.32 Å². The summed E-state index contributed by atoms with van der Waals surface area (Å²) in [5.74, 6) is 0.504. The molecule has 0 radical (unpaired) electrons. The van der Waals surface area contributed by atoms with E-state index in [1.54, 1.807) is 13.2 Å². The van der Waals surface area contributed by atoms with Crippen LogP contribution < -0.4 is 10.1 Å². The Balaban J connectivity index is 2.33. The molecule has 1 unspecified atom stereocenters. The maximum absolute atomic E-state index is 13.9. The van der Waals surface area contributed by atoms with E-state index < -0.39 is 0 Å². The lowest BCUT2D eigenvalue weighted by atomic mass is 9.91. The monoisotopic (exact) mass is 243 g/mol. The molecule has 0 saturated carbocycles. The average molecular weight is 244 g/mol. The molecule has 1 atom stereocenters. The van der Waals surface area contributed by atoms with Gasteiger partial charge in [0.15, 0.2) is 0 Å². The second-order valence-electron chi connectivity index (χ2n) is 4.06. The molecule has 0 bridgehead atoms. The molecular formula is C12H15ClFNO. The number of hydrogen-bond acceptors (Lipinski definition) is 2. The Hall–Kier alpha value is -0.800. The van der Waals surface area contributed by atoms with Crippen molar-refractivity contribution < 1.29 is 9.13 Å². The molecule has 1 fully saturated rings. The number of nitrogens with one attached hydrogen (secondary N) is 1. The van der Waals surface area contributed by atoms with Crippen LogP contribution in [0.15, 0.2) is 12.1 Å². The smallest absolute Gasteiger partial charge is 0.145 e. The van der Waals surface area contributed by atoms with Crippen LogP contribution in [0, 0.1) is 5.82 Å². The van der Waals surface area contributed by atoms with E-state index >= 15 is 0 Å². The Kier molecular flexibility index (Phi) is 3.66. The summed E-state index contributed by atoms with van der Waals surface area (Å²) in [5, 5.41) is 3.41. The summed E-state index contributed by atoms with van der Waals surface area (Å²) in [7, 11) is 1.56. The Morgan fingerprint density at radius 3 is 2.94 bits per heavy atom. The van der Waals surface area contributed by atoms with E-state index in [1.165, 1.54) is 6.07 Å². The van der Waals surface area contributed by atoms with Gasteiger partial charge in [0.2, 0.25) is 0 Å². The van der Waals surface area contributed by atoms with Gasteiger partial charge in [-0.15, -0.1) is 0 Å². The van der Waals surface area contributed by atoms with Gasteiger partial charge in [-0.25, -0.2) is 4.39 Å². The third-order valence-corrected chi connectivity index (χ3v) is 3.28. The molecule has 0 aliphatic carbocycles. The molecular weight excluding hydrogens is 229 g/mol. The molecule has 1 aliphatic heterocycles. The fourth-order valence-electron chi connectivity index (χ4n) is 2.12. The van der Waals surface area contributed by atoms with E-state index in [1.807, 2.05) is 0 Å². The van der Waals surface area contributed by atoms with Crippen LogP contribution in [0.4, 0.5) is 4.39 Å². The fraction of sp³-hybridized carbons (Fsp3) is 0.500. The lowest BCUT2D eigenvalue weighted by molar-refractivity contribution is 0.407. The van der Waals surface area contributed by atoms with Crippen LogP contribution >= 0.6 is 11.6 Å². The summed E-state index contributed by atoms with van der Waals surface area (Å²) in [6.07, 6.45) is 2.06. The average Bonchev–Trinajstić information content (AvgIpc) is 2.33. The van der Waals surface area contributed by atoms with Crippen LogP contribution in [0.5, 0.6) is 5.75 Å². The highest BCUT2D eigenvalue weighted by molar-refractivity contribution is 6.31. The number of benzene rings is 1. The summed E-state index contributed by atoms with van der Waals surface area (Å²) in [6, 6.07) is 3.26. The molecule has 1 aliphatic rings. The summed E-state index contributed by atoms with van der Waals surface area (Å²) in [4.78, 5) is 0. The van der Waals surface area contributed by atoms with Gasteiger partial charge in [-0.3, -0.25) is 0 Å². The SMILES string of the molecule is COc1cc(Cl)c(F)c(C2CCCNC2)c1. The molecule has 0 spiro atoms. The lowest BCUT2D eigenvalue weighted by Gasteiger charge is -2.24. The predicted octanol–water partition coefficient (Wildman–Crippen LogP) is 2.95. The lowest BCUT2D eigenvalue weighted by Crippen LogP contribution is -2.28. The van der Waals surface area contributed by atoms with Gasteiger partial charge >= 0.3 is 0 Å². The van der Waals surface area contributed by atoms with Crippen LogP contribution in [0.1, 0.15) is 24.3 Å². The molecule has 1 heterocycles. The van der Waals surface area contributed by atoms with Crippen molar-refractivity contribution in [3.05, 3.63) is 28.5 Å². The summed E-state index contributed by atoms with van der Waals surface area (Å²) < 4.78 is 19.0. The molecule has 0 aromatic heterocycles. The number of methoxy groups -OCH3 is 1. The molecule has 2 rings (SSSR count). The molecule has 1 N–H and O–H groups in total. The summed E-state index contributed by atoms with van der Waals surface area (Å²) in [5.41, 5.74) is 0.663. The van der Waals surface area contributed by atoms with Gasteiger partial charge in [-0.2, -0.15) is 0 Å². The maximum Gasteiger partial charge on any atom is 0.145 e. The second-order valence-corrected chi connectivity index (χ2v) is 4.46. The highest BCUT2D eigenvalue weighted by atomic mass is 35.5. The largest absolute Gasteiger partial charge is 0.497 e. The van der Waals surface area contributed by atoms with Crippen molar-refractivity contribution in [3.63, 3.8) is 0 Å². The van der Waals surface area contributed by atoms with Gasteiger partial charge in [0, 0.05) is 12.6 Å². The zero-order chi connectivity index (χ0) is 11.5. The normalized spacial score (nSPS) is 20.8. The number of halogens is 2. The van der Waals surface area contributed by atoms with E-state index in [4.69, 9.17) is 16.3 Å². The third-order valence-electron chi connectivity index (χ3n) is 3.00. The minimum atomic E-state index is -0.309. The first-order valence-electron chi connectivity index (χ1n) is 5.46. The predicted molar refractivity (Wildman–Crippen MR) is 62.8 cm³/mol. The highest BCUT2D eigenvalue weighted by Gasteiger charge is 2.21. The Labute approximate surface area is 99.7 Å². The molecule has 1 saturated heterocycles. The molecule has 2 nitrogen and oxygen atoms in total. The van der Waals surface area contributed by atoms with Crippen LogP contribution in [0.25, 0.3) is 0 Å². The molecule has 1 aromatic carbocycles. The molecule has 4 heteroatoms. The minimum absolute atomic E-state index is 0.139. The Morgan fingerprint density at radius 1 is 1.50 bits per heavy atom. The number of hydrogen-bond donors (Lipinski definition) is 1. The van der Waals surface area contributed by atoms with E-state index in [0.29, 0.717) is 11.3 Å². The summed E-state index contributed by atoms with van der Waals surface area (Å²) >= 11 is 5.84. The molecule has 16 heavy (non-hydrogen) atoms. The van der Waals surface area contributed by atoms with Crippen LogP contribution in [0.3, 0.4) is 0 Å². The maximum atomic E-state index is 13.9. The first-order chi connectivity index (χ1) is 7.72. The first kappa shape index (κ1) is 11.7. The van der Waals surface area contributed by atoms with Gasteiger partial charge in [-0.1, -0.05) is 11.6 Å². The summed E-state index contributed by atoms with van der Waals surface area (Å²) in [6.45, 7) is 1.82. The number of rotatable bonds is 2. The molecule has 0 amide bonds. The Morgan fingerprint density at radius 2 is 2.31 bits per heavy atom. The van der Waals surface area contributed by atoms with Crippen molar-refractivity contribution >= 4 is 11.6 Å². The van der Waals surface area contributed by atoms with Crippen molar-refractivity contribution in [2.24, 2.45) is 0 Å². The van der Waals surface area contributed by atoms with E-state index in [9.17, 15) is 4.39 Å². The van der Waals surface area contributed by atoms with Crippen LogP contribution in [0.2, 0.25) is 5.02 Å². The molecule has 88 valence electrons. The topological polar surface area (TPSA) is 21.3 Å². The van der Waals surface area contributed by atoms with Gasteiger partial charge in [0.1, 0.15) is 11.6 Å². The van der Waals surface area contributed by atoms with Crippen LogP contribution in [-0.4, -0.2) is 20.2 Å². The van der Waals surface area contributed by atoms with E-state index in [2.05, 4.69) is 5.32 Å².